The zero-order valence-corrected chi connectivity index (χ0v) is 17.3. The summed E-state index contributed by atoms with van der Waals surface area (Å²) >= 11 is 6.12. The molecule has 150 valence electrons. The third-order valence-corrected chi connectivity index (χ3v) is 4.91. The number of hydrogen-bond donors (Lipinski definition) is 1. The Balaban J connectivity index is 0.00000240. The van der Waals surface area contributed by atoms with Gasteiger partial charge >= 0.3 is 0 Å². The highest BCUT2D eigenvalue weighted by atomic mass is 35.5. The van der Waals surface area contributed by atoms with E-state index in [0.717, 1.165) is 16.9 Å². The molecule has 4 rings (SSSR count). The van der Waals surface area contributed by atoms with Crippen LogP contribution in [0.1, 0.15) is 11.4 Å². The van der Waals surface area contributed by atoms with Crippen molar-refractivity contribution in [2.45, 2.75) is 19.1 Å². The molecule has 6 heteroatoms. The number of aliphatic hydroxyl groups excluding tert-OH is 1. The van der Waals surface area contributed by atoms with Gasteiger partial charge in [0.2, 0.25) is 0 Å². The maximum atomic E-state index is 10.6. The summed E-state index contributed by atoms with van der Waals surface area (Å²) in [5.41, 5.74) is 3.11. The fourth-order valence-corrected chi connectivity index (χ4v) is 3.44. The van der Waals surface area contributed by atoms with Crippen LogP contribution in [0.15, 0.2) is 78.9 Å². The lowest BCUT2D eigenvalue weighted by molar-refractivity contribution is 0.0928. The molecule has 0 saturated heterocycles. The molecule has 0 fully saturated rings. The van der Waals surface area contributed by atoms with E-state index in [9.17, 15) is 5.11 Å². The molecule has 0 aliphatic carbocycles. The van der Waals surface area contributed by atoms with Gasteiger partial charge in [0.05, 0.1) is 22.6 Å². The Morgan fingerprint density at radius 3 is 2.41 bits per heavy atom. The molecule has 3 aromatic carbocycles. The smallest absolute Gasteiger partial charge is 0.138 e. The van der Waals surface area contributed by atoms with Gasteiger partial charge in [-0.15, -0.1) is 12.4 Å². The minimum Gasteiger partial charge on any atom is -0.489 e. The Morgan fingerprint density at radius 2 is 1.62 bits per heavy atom. The van der Waals surface area contributed by atoms with Crippen LogP contribution in [0.25, 0.3) is 11.0 Å². The summed E-state index contributed by atoms with van der Waals surface area (Å²) in [6.07, 6.45) is 0.0107. The molecule has 0 aliphatic rings. The molecule has 29 heavy (non-hydrogen) atoms. The van der Waals surface area contributed by atoms with Crippen molar-refractivity contribution in [3.63, 3.8) is 0 Å². The number of rotatable bonds is 7. The van der Waals surface area contributed by atoms with Gasteiger partial charge in [-0.1, -0.05) is 66.2 Å². The zero-order valence-electron chi connectivity index (χ0n) is 15.7. The topological polar surface area (TPSA) is 47.3 Å². The summed E-state index contributed by atoms with van der Waals surface area (Å²) in [6.45, 7) is 0.550. The van der Waals surface area contributed by atoms with Crippen LogP contribution in [0.2, 0.25) is 5.02 Å². The van der Waals surface area contributed by atoms with E-state index in [4.69, 9.17) is 21.3 Å². The summed E-state index contributed by atoms with van der Waals surface area (Å²) in [7, 11) is 0. The van der Waals surface area contributed by atoms with E-state index in [0.29, 0.717) is 23.7 Å². The Kier molecular flexibility index (Phi) is 7.15. The molecule has 0 bridgehead atoms. The lowest BCUT2D eigenvalue weighted by atomic mass is 10.1. The van der Waals surface area contributed by atoms with Crippen molar-refractivity contribution in [1.29, 1.82) is 0 Å². The first-order valence-electron chi connectivity index (χ1n) is 9.24. The van der Waals surface area contributed by atoms with E-state index >= 15 is 0 Å². The number of aliphatic hydroxyl groups is 1. The highest BCUT2D eigenvalue weighted by Crippen LogP contribution is 2.24. The molecular weight excluding hydrogens is 407 g/mol. The van der Waals surface area contributed by atoms with E-state index in [1.165, 1.54) is 5.56 Å². The third kappa shape index (κ3) is 5.10. The number of hydrogen-bond acceptors (Lipinski definition) is 3. The molecule has 1 N–H and O–H groups in total. The van der Waals surface area contributed by atoms with E-state index in [1.807, 2.05) is 54.6 Å². The van der Waals surface area contributed by atoms with Crippen LogP contribution in [0.4, 0.5) is 0 Å². The second kappa shape index (κ2) is 9.79. The average molecular weight is 429 g/mol. The van der Waals surface area contributed by atoms with Gasteiger partial charge in [0, 0.05) is 6.42 Å². The van der Waals surface area contributed by atoms with Gasteiger partial charge in [0.1, 0.15) is 24.3 Å². The number of imidazole rings is 1. The molecule has 1 atom stereocenters. The molecule has 0 aliphatic heterocycles. The van der Waals surface area contributed by atoms with Gasteiger partial charge < -0.3 is 14.4 Å². The highest BCUT2D eigenvalue weighted by molar-refractivity contribution is 6.32. The summed E-state index contributed by atoms with van der Waals surface area (Å²) in [4.78, 5) is 4.78. The molecule has 4 nitrogen and oxygen atoms in total. The van der Waals surface area contributed by atoms with Crippen LogP contribution in [0.3, 0.4) is 0 Å². The molecule has 0 amide bonds. The van der Waals surface area contributed by atoms with E-state index < -0.39 is 6.10 Å². The zero-order chi connectivity index (χ0) is 19.3. The van der Waals surface area contributed by atoms with Gasteiger partial charge in [-0.05, 0) is 29.8 Å². The number of para-hydroxylation sites is 3. The van der Waals surface area contributed by atoms with Crippen LogP contribution >= 0.6 is 24.0 Å². The molecule has 0 saturated carbocycles. The Hall–Kier alpha value is -2.53. The van der Waals surface area contributed by atoms with Crippen molar-refractivity contribution < 1.29 is 9.84 Å². The molecular formula is C23H22Cl2N2O2. The van der Waals surface area contributed by atoms with Crippen molar-refractivity contribution in [3.8, 4) is 5.75 Å². The minimum atomic E-state index is -0.691. The van der Waals surface area contributed by atoms with Crippen LogP contribution in [0, 0.1) is 0 Å². The van der Waals surface area contributed by atoms with E-state index in [-0.39, 0.29) is 19.0 Å². The summed E-state index contributed by atoms with van der Waals surface area (Å²) in [5, 5.41) is 11.1. The van der Waals surface area contributed by atoms with Gasteiger partial charge in [-0.25, -0.2) is 4.98 Å². The summed E-state index contributed by atoms with van der Waals surface area (Å²) in [6, 6.07) is 25.5. The Morgan fingerprint density at radius 1 is 0.931 bits per heavy atom. The quantitative estimate of drug-likeness (QED) is 0.443. The lowest BCUT2D eigenvalue weighted by Gasteiger charge is -2.16. The Labute approximate surface area is 181 Å². The maximum absolute atomic E-state index is 10.6. The van der Waals surface area contributed by atoms with Crippen LogP contribution in [-0.2, 0) is 13.0 Å². The lowest BCUT2D eigenvalue weighted by Crippen LogP contribution is -2.24. The van der Waals surface area contributed by atoms with Crippen molar-refractivity contribution in [1.82, 2.24) is 9.55 Å². The van der Waals surface area contributed by atoms with E-state index in [1.54, 1.807) is 12.1 Å². The third-order valence-electron chi connectivity index (χ3n) is 4.60. The first kappa shape index (κ1) is 21.2. The standard InChI is InChI=1S/C23H21ClN2O2.ClH/c24-19-10-4-7-13-22(19)28-16-18(27)15-26-21-12-6-5-11-20(21)25-23(26)14-17-8-2-1-3-9-17;/h1-13,18,27H,14-16H2;1H. The monoisotopic (exact) mass is 428 g/mol. The average Bonchev–Trinajstić information content (AvgIpc) is 3.05. The molecule has 4 aromatic rings. The molecule has 0 spiro atoms. The SMILES string of the molecule is Cl.OC(COc1ccccc1Cl)Cn1c(Cc2ccccc2)nc2ccccc21. The number of nitrogens with zero attached hydrogens (tertiary/aromatic N) is 2. The van der Waals surface area contributed by atoms with Crippen molar-refractivity contribution >= 4 is 35.0 Å². The first-order valence-corrected chi connectivity index (χ1v) is 9.62. The predicted octanol–water partition coefficient (Wildman–Crippen LogP) is 5.14. The summed E-state index contributed by atoms with van der Waals surface area (Å²) < 4.78 is 7.77. The molecule has 1 unspecified atom stereocenters. The van der Waals surface area contributed by atoms with Gasteiger partial charge in [0.15, 0.2) is 0 Å². The minimum absolute atomic E-state index is 0. The van der Waals surface area contributed by atoms with Crippen molar-refractivity contribution in [2.75, 3.05) is 6.61 Å². The van der Waals surface area contributed by atoms with Crippen molar-refractivity contribution in [2.24, 2.45) is 0 Å². The second-order valence-corrected chi connectivity index (χ2v) is 7.09. The predicted molar refractivity (Wildman–Crippen MR) is 119 cm³/mol. The largest absolute Gasteiger partial charge is 0.489 e. The number of ether oxygens (including phenoxy) is 1. The van der Waals surface area contributed by atoms with Gasteiger partial charge in [-0.2, -0.15) is 0 Å². The maximum Gasteiger partial charge on any atom is 0.138 e. The normalized spacial score (nSPS) is 11.8. The highest BCUT2D eigenvalue weighted by Gasteiger charge is 2.15. The second-order valence-electron chi connectivity index (χ2n) is 6.68. The van der Waals surface area contributed by atoms with Crippen LogP contribution in [0.5, 0.6) is 5.75 Å². The molecule has 0 radical (unpaired) electrons. The van der Waals surface area contributed by atoms with Gasteiger partial charge in [-0.3, -0.25) is 0 Å². The van der Waals surface area contributed by atoms with Gasteiger partial charge in [0.25, 0.3) is 0 Å². The number of fused-ring (bicyclic) bond motifs is 1. The number of halogens is 2. The summed E-state index contributed by atoms with van der Waals surface area (Å²) in [5.74, 6) is 1.49. The van der Waals surface area contributed by atoms with Crippen LogP contribution < -0.4 is 4.74 Å². The number of benzene rings is 3. The Bertz CT molecular complexity index is 1070. The van der Waals surface area contributed by atoms with Crippen molar-refractivity contribution in [3.05, 3.63) is 95.3 Å². The van der Waals surface area contributed by atoms with E-state index in [2.05, 4.69) is 16.7 Å². The molecule has 1 aromatic heterocycles. The first-order chi connectivity index (χ1) is 13.7. The number of aromatic nitrogens is 2. The fourth-order valence-electron chi connectivity index (χ4n) is 3.25. The van der Waals surface area contributed by atoms with Crippen LogP contribution in [-0.4, -0.2) is 27.4 Å². The molecule has 1 heterocycles. The fraction of sp³-hybridized carbons (Fsp3) is 0.174.